The van der Waals surface area contributed by atoms with E-state index in [1.54, 1.807) is 0 Å². The van der Waals surface area contributed by atoms with Crippen LogP contribution in [0.5, 0.6) is 0 Å². The molecule has 1 aliphatic rings. The third-order valence-corrected chi connectivity index (χ3v) is 4.55. The molecule has 0 saturated heterocycles. The number of hydrogen-bond acceptors (Lipinski definition) is 1. The molecule has 3 heteroatoms. The van der Waals surface area contributed by atoms with E-state index in [-0.39, 0.29) is 10.5 Å². The van der Waals surface area contributed by atoms with Gasteiger partial charge in [0, 0.05) is 12.3 Å². The highest BCUT2D eigenvalue weighted by atomic mass is 32.2. The molecule has 0 fully saturated rings. The molecule has 13 heavy (non-hydrogen) atoms. The first kappa shape index (κ1) is 8.91. The second kappa shape index (κ2) is 4.03. The fourth-order valence-corrected chi connectivity index (χ4v) is 3.24. The average Bonchev–Trinajstić information content (AvgIpc) is 2.54. The van der Waals surface area contributed by atoms with Crippen molar-refractivity contribution in [2.75, 3.05) is 6.54 Å². The normalized spacial score (nSPS) is 20.9. The topological polar surface area (TPSA) is 12.0 Å². The molecule has 0 bridgehead atoms. The van der Waals surface area contributed by atoms with Gasteiger partial charge in [0.1, 0.15) is 4.32 Å². The van der Waals surface area contributed by atoms with Crippen molar-refractivity contribution in [3.63, 3.8) is 0 Å². The van der Waals surface area contributed by atoms with Crippen LogP contribution in [-0.4, -0.2) is 16.2 Å². The zero-order chi connectivity index (χ0) is 9.10. The van der Waals surface area contributed by atoms with Crippen molar-refractivity contribution >= 4 is 32.4 Å². The Morgan fingerprint density at radius 2 is 2.08 bits per heavy atom. The van der Waals surface area contributed by atoms with Gasteiger partial charge in [0.15, 0.2) is 0 Å². The zero-order valence-corrected chi connectivity index (χ0v) is 8.83. The molecule has 0 aromatic heterocycles. The minimum Gasteiger partial charge on any atom is -0.367 e. The largest absolute Gasteiger partial charge is 0.367 e. The van der Waals surface area contributed by atoms with Gasteiger partial charge >= 0.3 is 0 Å². The van der Waals surface area contributed by atoms with Gasteiger partial charge in [0.25, 0.3) is 0 Å². The molecule has 1 N–H and O–H groups in total. The highest BCUT2D eigenvalue weighted by Crippen LogP contribution is 2.22. The van der Waals surface area contributed by atoms with Crippen molar-refractivity contribution in [3.8, 4) is 0 Å². The number of hydrogen-bond donors (Lipinski definition) is 1. The monoisotopic (exact) mass is 209 g/mol. The average molecular weight is 209 g/mol. The Morgan fingerprint density at radius 1 is 1.31 bits per heavy atom. The summed E-state index contributed by atoms with van der Waals surface area (Å²) in [6.07, 6.45) is 0. The Morgan fingerprint density at radius 3 is 2.69 bits per heavy atom. The van der Waals surface area contributed by atoms with Crippen molar-refractivity contribution < 1.29 is 0 Å². The summed E-state index contributed by atoms with van der Waals surface area (Å²) in [7, 11) is 0.172. The van der Waals surface area contributed by atoms with Gasteiger partial charge in [0.2, 0.25) is 0 Å². The summed E-state index contributed by atoms with van der Waals surface area (Å²) in [6, 6.07) is 10.5. The van der Waals surface area contributed by atoms with Crippen LogP contribution in [0.3, 0.4) is 0 Å². The maximum Gasteiger partial charge on any atom is 0.128 e. The van der Waals surface area contributed by atoms with Crippen molar-refractivity contribution in [2.45, 2.75) is 5.75 Å². The molecule has 0 spiro atoms. The molecule has 1 heterocycles. The molecule has 0 aliphatic carbocycles. The maximum absolute atomic E-state index is 5.21. The molecule has 1 nitrogen and oxygen atoms in total. The summed E-state index contributed by atoms with van der Waals surface area (Å²) in [5, 5.41) is 5.45. The van der Waals surface area contributed by atoms with Crippen LogP contribution in [0.1, 0.15) is 5.56 Å². The first-order valence-electron chi connectivity index (χ1n) is 4.21. The van der Waals surface area contributed by atoms with Gasteiger partial charge in [-0.25, -0.2) is 0 Å². The van der Waals surface area contributed by atoms with Crippen LogP contribution in [0, 0.1) is 0 Å². The highest BCUT2D eigenvalue weighted by Gasteiger charge is 2.08. The summed E-state index contributed by atoms with van der Waals surface area (Å²) in [5.41, 5.74) is 1.37. The van der Waals surface area contributed by atoms with Crippen LogP contribution >= 0.6 is 22.7 Å². The predicted molar refractivity (Wildman–Crippen MR) is 64.4 cm³/mol. The van der Waals surface area contributed by atoms with Gasteiger partial charge < -0.3 is 5.32 Å². The first-order valence-corrected chi connectivity index (χ1v) is 6.07. The van der Waals surface area contributed by atoms with Gasteiger partial charge in [-0.1, -0.05) is 42.5 Å². The number of benzene rings is 1. The lowest BCUT2D eigenvalue weighted by Crippen LogP contribution is -2.13. The van der Waals surface area contributed by atoms with Crippen LogP contribution in [0.15, 0.2) is 30.3 Å². The molecule has 2 rings (SSSR count). The first-order chi connectivity index (χ1) is 6.36. The van der Waals surface area contributed by atoms with Crippen molar-refractivity contribution in [1.29, 1.82) is 0 Å². The van der Waals surface area contributed by atoms with Crippen LogP contribution in [-0.2, 0) is 5.75 Å². The molecule has 0 amide bonds. The molecule has 0 saturated carbocycles. The molecule has 1 aromatic carbocycles. The van der Waals surface area contributed by atoms with E-state index in [1.165, 1.54) is 5.56 Å². The van der Waals surface area contributed by atoms with E-state index < -0.39 is 0 Å². The molecule has 1 unspecified atom stereocenters. The molecule has 68 valence electrons. The van der Waals surface area contributed by atoms with Crippen molar-refractivity contribution in [1.82, 2.24) is 5.32 Å². The molecular weight excluding hydrogens is 198 g/mol. The Balaban J connectivity index is 2.11. The standard InChI is InChI=1S/C10H11NS2/c12-10-11-6-7-13(10)8-9-4-2-1-3-5-9/h1-5,7H,6,8H2,(H,11,12). The summed E-state index contributed by atoms with van der Waals surface area (Å²) in [4.78, 5) is 0. The maximum atomic E-state index is 5.21. The minimum atomic E-state index is 0.172. The Labute approximate surface area is 86.1 Å². The summed E-state index contributed by atoms with van der Waals surface area (Å²) in [5.74, 6) is 1.06. The second-order valence-corrected chi connectivity index (χ2v) is 5.45. The summed E-state index contributed by atoms with van der Waals surface area (Å²) in [6.45, 7) is 0.939. The van der Waals surface area contributed by atoms with Gasteiger partial charge in [-0.2, -0.15) is 0 Å². The van der Waals surface area contributed by atoms with Crippen molar-refractivity contribution in [2.24, 2.45) is 0 Å². The molecule has 1 atom stereocenters. The van der Waals surface area contributed by atoms with Crippen LogP contribution < -0.4 is 5.32 Å². The van der Waals surface area contributed by atoms with E-state index in [0.717, 1.165) is 16.6 Å². The summed E-state index contributed by atoms with van der Waals surface area (Å²) >= 11 is 5.21. The van der Waals surface area contributed by atoms with E-state index in [9.17, 15) is 0 Å². The lowest BCUT2D eigenvalue weighted by molar-refractivity contribution is 1.16. The lowest BCUT2D eigenvalue weighted by atomic mass is 10.2. The van der Waals surface area contributed by atoms with Gasteiger partial charge in [0.05, 0.1) is 0 Å². The third kappa shape index (κ3) is 2.17. The van der Waals surface area contributed by atoms with Crippen LogP contribution in [0.4, 0.5) is 0 Å². The van der Waals surface area contributed by atoms with E-state index >= 15 is 0 Å². The van der Waals surface area contributed by atoms with Gasteiger partial charge in [-0.15, -0.1) is 10.5 Å². The molecule has 1 aromatic rings. The fourth-order valence-electron chi connectivity index (χ4n) is 1.27. The van der Waals surface area contributed by atoms with Gasteiger partial charge in [-0.05, 0) is 10.9 Å². The van der Waals surface area contributed by atoms with Crippen molar-refractivity contribution in [3.05, 3.63) is 35.9 Å². The van der Waals surface area contributed by atoms with Gasteiger partial charge in [-0.3, -0.25) is 0 Å². The molecular formula is C10H11NS2. The fraction of sp³-hybridized carbons (Fsp3) is 0.200. The van der Waals surface area contributed by atoms with Crippen LogP contribution in [0.25, 0.3) is 0 Å². The molecule has 0 radical (unpaired) electrons. The minimum absolute atomic E-state index is 0.172. The Kier molecular flexibility index (Phi) is 2.76. The zero-order valence-electron chi connectivity index (χ0n) is 7.19. The number of nitrogens with one attached hydrogen (secondary N) is 1. The Hall–Kier alpha value is -0.670. The summed E-state index contributed by atoms with van der Waals surface area (Å²) < 4.78 is 1.02. The van der Waals surface area contributed by atoms with E-state index in [1.807, 2.05) is 6.07 Å². The second-order valence-electron chi connectivity index (χ2n) is 2.89. The van der Waals surface area contributed by atoms with E-state index in [0.29, 0.717) is 0 Å². The number of thiocarbonyl (C=S) groups is 1. The SMILES string of the molecule is S=C1NCC=S1Cc1ccccc1. The quantitative estimate of drug-likeness (QED) is 0.749. The predicted octanol–water partition coefficient (Wildman–Crippen LogP) is 2.15. The van der Waals surface area contributed by atoms with Crippen LogP contribution in [0.2, 0.25) is 0 Å². The lowest BCUT2D eigenvalue weighted by Gasteiger charge is -2.03. The van der Waals surface area contributed by atoms with E-state index in [4.69, 9.17) is 12.2 Å². The Bertz CT molecular complexity index is 343. The number of rotatable bonds is 2. The highest BCUT2D eigenvalue weighted by molar-refractivity contribution is 8.34. The molecule has 1 aliphatic heterocycles. The third-order valence-electron chi connectivity index (χ3n) is 1.93. The smallest absolute Gasteiger partial charge is 0.128 e. The van der Waals surface area contributed by atoms with E-state index in [2.05, 4.69) is 34.9 Å².